The number of nitrogens with two attached hydrogens (primary N) is 1. The summed E-state index contributed by atoms with van der Waals surface area (Å²) in [5.41, 5.74) is 6.73. The summed E-state index contributed by atoms with van der Waals surface area (Å²) in [6.45, 7) is 0. The molecule has 4 nitrogen and oxygen atoms in total. The fraction of sp³-hybridized carbons (Fsp3) is 0.0455. The molecular weight excluding hydrogens is 398 g/mol. The number of aromatic nitrogens is 1. The second-order valence-electron chi connectivity index (χ2n) is 6.48. The van der Waals surface area contributed by atoms with E-state index in [2.05, 4.69) is 10.3 Å². The molecule has 2 aromatic heterocycles. The summed E-state index contributed by atoms with van der Waals surface area (Å²) in [6.07, 6.45) is 0.331. The number of rotatable bonds is 4. The number of furan rings is 1. The molecule has 8 heteroatoms. The van der Waals surface area contributed by atoms with Gasteiger partial charge in [0, 0.05) is 11.9 Å². The molecule has 0 aliphatic rings. The van der Waals surface area contributed by atoms with Gasteiger partial charge in [-0.05, 0) is 35.9 Å². The monoisotopic (exact) mass is 413 g/mol. The summed E-state index contributed by atoms with van der Waals surface area (Å²) in [5, 5.41) is 3.33. The van der Waals surface area contributed by atoms with Crippen molar-refractivity contribution in [2.75, 3.05) is 11.1 Å². The van der Waals surface area contributed by atoms with Crippen molar-refractivity contribution in [2.45, 2.75) is 6.18 Å². The number of hydrogen-bond acceptors (Lipinski definition) is 4. The van der Waals surface area contributed by atoms with E-state index in [1.165, 1.54) is 6.07 Å². The van der Waals surface area contributed by atoms with E-state index in [9.17, 15) is 17.6 Å². The van der Waals surface area contributed by atoms with E-state index in [1.54, 1.807) is 18.3 Å². The first-order valence-electron chi connectivity index (χ1n) is 8.87. The number of nitrogen functional groups attached to an aromatic ring is 1. The fourth-order valence-corrected chi connectivity index (χ4v) is 3.01. The van der Waals surface area contributed by atoms with E-state index in [0.29, 0.717) is 22.7 Å². The highest BCUT2D eigenvalue weighted by Gasteiger charge is 2.34. The number of nitrogens with zero attached hydrogens (tertiary/aromatic N) is 1. The number of halogens is 4. The van der Waals surface area contributed by atoms with Crippen LogP contribution in [0.5, 0.6) is 0 Å². The minimum atomic E-state index is -4.81. The van der Waals surface area contributed by atoms with Gasteiger partial charge in [-0.1, -0.05) is 36.4 Å². The van der Waals surface area contributed by atoms with Crippen LogP contribution in [0.4, 0.5) is 34.8 Å². The van der Waals surface area contributed by atoms with Gasteiger partial charge >= 0.3 is 6.18 Å². The number of alkyl halides is 3. The lowest BCUT2D eigenvalue weighted by molar-refractivity contribution is -0.139. The molecule has 0 unspecified atom stereocenters. The third kappa shape index (κ3) is 3.84. The van der Waals surface area contributed by atoms with Gasteiger partial charge in [-0.3, -0.25) is 4.98 Å². The van der Waals surface area contributed by atoms with Crippen LogP contribution in [0.1, 0.15) is 16.8 Å². The normalized spacial score (nSPS) is 12.0. The Morgan fingerprint density at radius 2 is 1.77 bits per heavy atom. The molecule has 30 heavy (non-hydrogen) atoms. The highest BCUT2D eigenvalue weighted by atomic mass is 19.4. The van der Waals surface area contributed by atoms with Gasteiger partial charge in [-0.25, -0.2) is 4.39 Å². The second kappa shape index (κ2) is 7.55. The van der Waals surface area contributed by atoms with Gasteiger partial charge in [0.05, 0.1) is 10.9 Å². The lowest BCUT2D eigenvalue weighted by atomic mass is 10.1. The van der Waals surface area contributed by atoms with Crippen molar-refractivity contribution in [2.24, 2.45) is 0 Å². The molecule has 0 amide bonds. The molecule has 0 radical (unpaired) electrons. The van der Waals surface area contributed by atoms with Crippen LogP contribution in [-0.2, 0) is 6.18 Å². The first-order valence-corrected chi connectivity index (χ1v) is 8.87. The molecule has 3 N–H and O–H groups in total. The first-order chi connectivity index (χ1) is 14.3. The van der Waals surface area contributed by atoms with Gasteiger partial charge < -0.3 is 15.5 Å². The third-order valence-corrected chi connectivity index (χ3v) is 4.43. The minimum absolute atomic E-state index is 0.0229. The molecule has 0 saturated carbocycles. The van der Waals surface area contributed by atoms with Gasteiger partial charge in [-0.2, -0.15) is 13.2 Å². The SMILES string of the molecule is Nc1oc2c(C=Cc3ccccc3)nccc2c1Nc1ccc(F)c(C(F)(F)F)c1. The molecule has 0 spiro atoms. The zero-order chi connectivity index (χ0) is 21.3. The first kappa shape index (κ1) is 19.5. The molecule has 0 aliphatic carbocycles. The number of benzene rings is 2. The predicted octanol–water partition coefficient (Wildman–Crippen LogP) is 6.48. The van der Waals surface area contributed by atoms with Gasteiger partial charge in [-0.15, -0.1) is 0 Å². The smallest absolute Gasteiger partial charge is 0.419 e. The molecule has 2 heterocycles. The Kier molecular flexibility index (Phi) is 4.91. The van der Waals surface area contributed by atoms with Crippen LogP contribution in [0.15, 0.2) is 65.2 Å². The topological polar surface area (TPSA) is 64.1 Å². The molecule has 4 aromatic rings. The average molecular weight is 413 g/mol. The zero-order valence-electron chi connectivity index (χ0n) is 15.4. The van der Waals surface area contributed by atoms with Crippen LogP contribution in [0.3, 0.4) is 0 Å². The molecule has 0 aliphatic heterocycles. The number of anilines is 3. The molecule has 2 aromatic carbocycles. The Bertz CT molecular complexity index is 1230. The van der Waals surface area contributed by atoms with Crippen LogP contribution in [0.2, 0.25) is 0 Å². The maximum Gasteiger partial charge on any atom is 0.419 e. The summed E-state index contributed by atoms with van der Waals surface area (Å²) in [5.74, 6) is -1.37. The van der Waals surface area contributed by atoms with Crippen molar-refractivity contribution >= 4 is 40.4 Å². The minimum Gasteiger partial charge on any atom is -0.436 e. The predicted molar refractivity (Wildman–Crippen MR) is 108 cm³/mol. The Balaban J connectivity index is 1.71. The molecule has 0 saturated heterocycles. The third-order valence-electron chi connectivity index (χ3n) is 4.43. The van der Waals surface area contributed by atoms with Crippen LogP contribution in [-0.4, -0.2) is 4.98 Å². The lowest BCUT2D eigenvalue weighted by Gasteiger charge is -2.11. The fourth-order valence-electron chi connectivity index (χ4n) is 3.01. The Labute approximate surface area is 168 Å². The standard InChI is InChI=1S/C22H15F4N3O/c23-17-8-7-14(12-16(17)22(24,25)26)29-19-15-10-11-28-18(20(15)30-21(19)27)9-6-13-4-2-1-3-5-13/h1-12,29H,27H2. The van der Waals surface area contributed by atoms with E-state index in [4.69, 9.17) is 10.2 Å². The number of nitrogens with one attached hydrogen (secondary N) is 1. The van der Waals surface area contributed by atoms with Gasteiger partial charge in [0.2, 0.25) is 5.88 Å². The molecular formula is C22H15F4N3O. The largest absolute Gasteiger partial charge is 0.436 e. The van der Waals surface area contributed by atoms with Crippen molar-refractivity contribution in [1.29, 1.82) is 0 Å². The van der Waals surface area contributed by atoms with E-state index < -0.39 is 17.6 Å². The Morgan fingerprint density at radius 3 is 2.50 bits per heavy atom. The summed E-state index contributed by atoms with van der Waals surface area (Å²) < 4.78 is 58.1. The van der Waals surface area contributed by atoms with Crippen LogP contribution in [0, 0.1) is 5.82 Å². The van der Waals surface area contributed by atoms with Gasteiger partial charge in [0.15, 0.2) is 5.58 Å². The van der Waals surface area contributed by atoms with Gasteiger partial charge in [0.25, 0.3) is 0 Å². The number of fused-ring (bicyclic) bond motifs is 1. The van der Waals surface area contributed by atoms with E-state index in [1.807, 2.05) is 36.4 Å². The van der Waals surface area contributed by atoms with Crippen molar-refractivity contribution in [3.8, 4) is 0 Å². The number of pyridine rings is 1. The van der Waals surface area contributed by atoms with Crippen LogP contribution < -0.4 is 11.1 Å². The summed E-state index contributed by atoms with van der Waals surface area (Å²) in [4.78, 5) is 4.28. The highest BCUT2D eigenvalue weighted by Crippen LogP contribution is 2.38. The Morgan fingerprint density at radius 1 is 1.00 bits per heavy atom. The van der Waals surface area contributed by atoms with Crippen molar-refractivity contribution < 1.29 is 22.0 Å². The summed E-state index contributed by atoms with van der Waals surface area (Å²) in [6, 6.07) is 13.8. The summed E-state index contributed by atoms with van der Waals surface area (Å²) in [7, 11) is 0. The van der Waals surface area contributed by atoms with E-state index in [0.717, 1.165) is 11.6 Å². The lowest BCUT2D eigenvalue weighted by Crippen LogP contribution is -2.08. The maximum atomic E-state index is 13.5. The molecule has 0 bridgehead atoms. The Hall–Kier alpha value is -3.81. The van der Waals surface area contributed by atoms with Crippen LogP contribution in [0.25, 0.3) is 23.1 Å². The van der Waals surface area contributed by atoms with E-state index >= 15 is 0 Å². The van der Waals surface area contributed by atoms with Crippen LogP contribution >= 0.6 is 0 Å². The van der Waals surface area contributed by atoms with Crippen molar-refractivity contribution in [3.05, 3.63) is 83.4 Å². The number of hydrogen-bond donors (Lipinski definition) is 2. The van der Waals surface area contributed by atoms with Gasteiger partial charge in [0.1, 0.15) is 17.2 Å². The quantitative estimate of drug-likeness (QED) is 0.376. The van der Waals surface area contributed by atoms with Crippen molar-refractivity contribution in [1.82, 2.24) is 4.98 Å². The molecule has 4 rings (SSSR count). The zero-order valence-corrected chi connectivity index (χ0v) is 15.4. The summed E-state index contributed by atoms with van der Waals surface area (Å²) >= 11 is 0. The molecule has 152 valence electrons. The average Bonchev–Trinajstić information content (AvgIpc) is 3.03. The molecule has 0 atom stereocenters. The maximum absolute atomic E-state index is 13.5. The molecule has 0 fully saturated rings. The second-order valence-corrected chi connectivity index (χ2v) is 6.48. The van der Waals surface area contributed by atoms with E-state index in [-0.39, 0.29) is 17.3 Å². The van der Waals surface area contributed by atoms with Crippen molar-refractivity contribution in [3.63, 3.8) is 0 Å². The highest BCUT2D eigenvalue weighted by molar-refractivity contribution is 6.01.